The number of hydrogen-bond donors (Lipinski definition) is 1. The zero-order valence-electron chi connectivity index (χ0n) is 20.6. The van der Waals surface area contributed by atoms with E-state index in [0.717, 1.165) is 39.2 Å². The molecule has 186 valence electrons. The van der Waals surface area contributed by atoms with Crippen LogP contribution in [0.3, 0.4) is 0 Å². The number of hydrogen-bond acceptors (Lipinski definition) is 6. The lowest BCUT2D eigenvalue weighted by Gasteiger charge is -2.21. The van der Waals surface area contributed by atoms with Gasteiger partial charge < -0.3 is 9.88 Å². The molecule has 1 fully saturated rings. The van der Waals surface area contributed by atoms with E-state index in [-0.39, 0.29) is 11.7 Å². The van der Waals surface area contributed by atoms with E-state index in [9.17, 15) is 4.79 Å². The van der Waals surface area contributed by atoms with E-state index in [1.54, 1.807) is 11.3 Å². The lowest BCUT2D eigenvalue weighted by atomic mass is 9.87. The number of fused-ring (bicyclic) bond motifs is 1. The van der Waals surface area contributed by atoms with Crippen LogP contribution in [-0.4, -0.2) is 31.4 Å². The Hall–Kier alpha value is -2.97. The van der Waals surface area contributed by atoms with Gasteiger partial charge in [0, 0.05) is 24.2 Å². The summed E-state index contributed by atoms with van der Waals surface area (Å²) in [5.74, 6) is 1.90. The number of thiazole rings is 1. The van der Waals surface area contributed by atoms with Gasteiger partial charge >= 0.3 is 0 Å². The molecule has 0 radical (unpaired) electrons. The Morgan fingerprint density at radius 1 is 1.17 bits per heavy atom. The van der Waals surface area contributed by atoms with Crippen LogP contribution in [0.25, 0.3) is 20.8 Å². The number of benzene rings is 2. The first-order valence-electron chi connectivity index (χ1n) is 12.5. The van der Waals surface area contributed by atoms with Crippen molar-refractivity contribution >= 4 is 44.9 Å². The summed E-state index contributed by atoms with van der Waals surface area (Å²) in [6.45, 7) is 6.64. The number of thioether (sulfide) groups is 1. The van der Waals surface area contributed by atoms with Crippen molar-refractivity contribution in [2.45, 2.75) is 57.1 Å². The molecule has 1 aliphatic rings. The van der Waals surface area contributed by atoms with Gasteiger partial charge in [-0.15, -0.1) is 28.1 Å². The number of nitrogens with one attached hydrogen (secondary N) is 1. The van der Waals surface area contributed by atoms with Gasteiger partial charge in [-0.3, -0.25) is 4.79 Å². The van der Waals surface area contributed by atoms with Crippen LogP contribution >= 0.6 is 23.1 Å². The molecule has 0 saturated heterocycles. The molecule has 1 aliphatic carbocycles. The standard InChI is InChI=1S/C28H31N5OS2/c1-3-15-33-25(17-20-7-5-4-6-8-20)31-32-28(33)35-18-26(34)29-22-12-10-21(11-13-22)27-30-23-14-9-19(2)16-24(23)36-27/h3,9-14,16,20H,1,4-8,15,17-18H2,2H3,(H,29,34). The highest BCUT2D eigenvalue weighted by molar-refractivity contribution is 7.99. The van der Waals surface area contributed by atoms with Crippen LogP contribution in [0, 0.1) is 12.8 Å². The van der Waals surface area contributed by atoms with E-state index in [4.69, 9.17) is 4.98 Å². The van der Waals surface area contributed by atoms with Gasteiger partial charge in [0.25, 0.3) is 0 Å². The monoisotopic (exact) mass is 517 g/mol. The minimum atomic E-state index is -0.0646. The average molecular weight is 518 g/mol. The van der Waals surface area contributed by atoms with Crippen molar-refractivity contribution < 1.29 is 4.79 Å². The number of amides is 1. The van der Waals surface area contributed by atoms with E-state index >= 15 is 0 Å². The third-order valence-corrected chi connectivity index (χ3v) is 8.63. The van der Waals surface area contributed by atoms with Crippen molar-refractivity contribution in [3.63, 3.8) is 0 Å². The Kier molecular flexibility index (Phi) is 7.82. The molecule has 4 aromatic rings. The Labute approximate surface area is 220 Å². The molecule has 0 atom stereocenters. The molecule has 2 heterocycles. The molecule has 5 rings (SSSR count). The molecule has 0 unspecified atom stereocenters. The summed E-state index contributed by atoms with van der Waals surface area (Å²) in [5.41, 5.74) is 4.06. The summed E-state index contributed by atoms with van der Waals surface area (Å²) in [7, 11) is 0. The number of nitrogens with zero attached hydrogens (tertiary/aromatic N) is 4. The number of aryl methyl sites for hydroxylation is 1. The second-order valence-corrected chi connectivity index (χ2v) is 11.4. The van der Waals surface area contributed by atoms with Gasteiger partial charge in [-0.25, -0.2) is 4.98 Å². The summed E-state index contributed by atoms with van der Waals surface area (Å²) in [5, 5.41) is 13.6. The molecule has 0 spiro atoms. The van der Waals surface area contributed by atoms with Crippen LogP contribution in [0.15, 0.2) is 60.3 Å². The maximum Gasteiger partial charge on any atom is 0.234 e. The van der Waals surface area contributed by atoms with Gasteiger partial charge in [0.15, 0.2) is 5.16 Å². The van der Waals surface area contributed by atoms with E-state index in [1.165, 1.54) is 54.1 Å². The summed E-state index contributed by atoms with van der Waals surface area (Å²) < 4.78 is 3.29. The van der Waals surface area contributed by atoms with Gasteiger partial charge in [-0.05, 0) is 54.8 Å². The van der Waals surface area contributed by atoms with Gasteiger partial charge in [-0.1, -0.05) is 56.0 Å². The molecule has 2 aromatic heterocycles. The fraction of sp³-hybridized carbons (Fsp3) is 0.357. The van der Waals surface area contributed by atoms with Crippen molar-refractivity contribution in [3.05, 3.63) is 66.5 Å². The highest BCUT2D eigenvalue weighted by Crippen LogP contribution is 2.31. The topological polar surface area (TPSA) is 72.7 Å². The first kappa shape index (κ1) is 24.7. The largest absolute Gasteiger partial charge is 0.325 e. The zero-order chi connectivity index (χ0) is 24.9. The molecule has 8 heteroatoms. The molecular weight excluding hydrogens is 486 g/mol. The summed E-state index contributed by atoms with van der Waals surface area (Å²) in [6.07, 6.45) is 9.32. The number of allylic oxidation sites excluding steroid dienone is 1. The molecular formula is C28H31N5OS2. The molecule has 0 aliphatic heterocycles. The number of carbonyl (C=O) groups is 1. The second-order valence-electron chi connectivity index (χ2n) is 9.41. The van der Waals surface area contributed by atoms with Crippen LogP contribution in [-0.2, 0) is 17.8 Å². The van der Waals surface area contributed by atoms with Gasteiger partial charge in [-0.2, -0.15) is 0 Å². The fourth-order valence-electron chi connectivity index (χ4n) is 4.72. The first-order chi connectivity index (χ1) is 17.6. The average Bonchev–Trinajstić information content (AvgIpc) is 3.48. The molecule has 1 N–H and O–H groups in total. The van der Waals surface area contributed by atoms with Crippen LogP contribution in [0.4, 0.5) is 5.69 Å². The summed E-state index contributed by atoms with van der Waals surface area (Å²) in [4.78, 5) is 17.4. The smallest absolute Gasteiger partial charge is 0.234 e. The van der Waals surface area contributed by atoms with Crippen LogP contribution in [0.5, 0.6) is 0 Å². The number of aromatic nitrogens is 4. The zero-order valence-corrected chi connectivity index (χ0v) is 22.2. The Morgan fingerprint density at radius 2 is 1.97 bits per heavy atom. The van der Waals surface area contributed by atoms with Crippen molar-refractivity contribution in [1.29, 1.82) is 0 Å². The Balaban J connectivity index is 1.19. The molecule has 0 bridgehead atoms. The predicted molar refractivity (Wildman–Crippen MR) is 150 cm³/mol. The number of rotatable bonds is 9. The van der Waals surface area contributed by atoms with E-state index in [1.807, 2.05) is 30.3 Å². The van der Waals surface area contributed by atoms with Gasteiger partial charge in [0.05, 0.1) is 16.0 Å². The maximum absolute atomic E-state index is 12.7. The summed E-state index contributed by atoms with van der Waals surface area (Å²) >= 11 is 3.11. The van der Waals surface area contributed by atoms with Gasteiger partial charge in [0.2, 0.25) is 5.91 Å². The van der Waals surface area contributed by atoms with Crippen molar-refractivity contribution in [1.82, 2.24) is 19.7 Å². The van der Waals surface area contributed by atoms with E-state index < -0.39 is 0 Å². The minimum Gasteiger partial charge on any atom is -0.325 e. The van der Waals surface area contributed by atoms with Crippen LogP contribution in [0.1, 0.15) is 43.5 Å². The third-order valence-electron chi connectivity index (χ3n) is 6.59. The SMILES string of the molecule is C=CCn1c(CC2CCCCC2)nnc1SCC(=O)Nc1ccc(-c2nc3ccc(C)cc3s2)cc1. The molecule has 1 amide bonds. The predicted octanol–water partition coefficient (Wildman–Crippen LogP) is 6.90. The lowest BCUT2D eigenvalue weighted by Crippen LogP contribution is -2.15. The molecule has 2 aromatic carbocycles. The normalized spacial score (nSPS) is 14.2. The van der Waals surface area contributed by atoms with Gasteiger partial charge in [0.1, 0.15) is 10.8 Å². The third kappa shape index (κ3) is 5.87. The number of anilines is 1. The maximum atomic E-state index is 12.7. The molecule has 1 saturated carbocycles. The Bertz CT molecular complexity index is 1350. The van der Waals surface area contributed by atoms with E-state index in [0.29, 0.717) is 12.5 Å². The fourth-order valence-corrected chi connectivity index (χ4v) is 6.55. The number of carbonyl (C=O) groups excluding carboxylic acids is 1. The second kappa shape index (κ2) is 11.4. The van der Waals surface area contributed by atoms with Crippen molar-refractivity contribution in [2.24, 2.45) is 5.92 Å². The first-order valence-corrected chi connectivity index (χ1v) is 14.3. The minimum absolute atomic E-state index is 0.0646. The van der Waals surface area contributed by atoms with Crippen molar-refractivity contribution in [3.8, 4) is 10.6 Å². The highest BCUT2D eigenvalue weighted by Gasteiger charge is 2.19. The summed E-state index contributed by atoms with van der Waals surface area (Å²) in [6, 6.07) is 14.2. The Morgan fingerprint density at radius 3 is 2.75 bits per heavy atom. The quantitative estimate of drug-likeness (QED) is 0.193. The lowest BCUT2D eigenvalue weighted by molar-refractivity contribution is -0.113. The molecule has 6 nitrogen and oxygen atoms in total. The van der Waals surface area contributed by atoms with Crippen molar-refractivity contribution in [2.75, 3.05) is 11.1 Å². The molecule has 36 heavy (non-hydrogen) atoms. The van der Waals surface area contributed by atoms with E-state index in [2.05, 4.69) is 51.8 Å². The highest BCUT2D eigenvalue weighted by atomic mass is 32.2. The van der Waals surface area contributed by atoms with Crippen LogP contribution < -0.4 is 5.32 Å². The van der Waals surface area contributed by atoms with Crippen LogP contribution in [0.2, 0.25) is 0 Å².